The number of benzene rings is 3. The number of amides is 2. The van der Waals surface area contributed by atoms with Crippen LogP contribution in [0.25, 0.3) is 0 Å². The van der Waals surface area contributed by atoms with E-state index < -0.39 is 17.6 Å². The molecule has 0 saturated carbocycles. The summed E-state index contributed by atoms with van der Waals surface area (Å²) in [7, 11) is 0. The van der Waals surface area contributed by atoms with Crippen LogP contribution in [0.4, 0.5) is 4.39 Å². The van der Waals surface area contributed by atoms with Crippen LogP contribution in [-0.2, 0) is 0 Å². The van der Waals surface area contributed by atoms with E-state index in [1.807, 2.05) is 30.3 Å². The van der Waals surface area contributed by atoms with Crippen molar-refractivity contribution >= 4 is 11.8 Å². The third kappa shape index (κ3) is 5.57. The average Bonchev–Trinajstić information content (AvgIpc) is 2.77. The Morgan fingerprint density at radius 2 is 1.50 bits per heavy atom. The molecule has 7 heteroatoms. The fourth-order valence-corrected chi connectivity index (χ4v) is 2.60. The molecule has 30 heavy (non-hydrogen) atoms. The predicted molar refractivity (Wildman–Crippen MR) is 110 cm³/mol. The summed E-state index contributed by atoms with van der Waals surface area (Å²) in [6.07, 6.45) is 0. The van der Waals surface area contributed by atoms with Crippen molar-refractivity contribution in [1.82, 2.24) is 10.9 Å². The maximum absolute atomic E-state index is 13.6. The number of ether oxygens (including phenoxy) is 2. The first-order valence-corrected chi connectivity index (χ1v) is 9.31. The molecule has 154 valence electrons. The molecule has 0 bridgehead atoms. The number of carbonyl (C=O) groups excluding carboxylic acids is 2. The van der Waals surface area contributed by atoms with Gasteiger partial charge in [0.05, 0.1) is 5.56 Å². The summed E-state index contributed by atoms with van der Waals surface area (Å²) < 4.78 is 24.8. The predicted octanol–water partition coefficient (Wildman–Crippen LogP) is 3.67. The number of hydrazine groups is 1. The Morgan fingerprint density at radius 3 is 2.27 bits per heavy atom. The second-order valence-corrected chi connectivity index (χ2v) is 6.38. The Morgan fingerprint density at radius 1 is 0.833 bits per heavy atom. The maximum Gasteiger partial charge on any atom is 0.273 e. The number of para-hydroxylation sites is 2. The number of hydrogen-bond acceptors (Lipinski definition) is 4. The number of aryl methyl sites for hydroxylation is 1. The first kappa shape index (κ1) is 20.9. The van der Waals surface area contributed by atoms with Crippen LogP contribution in [0, 0.1) is 12.7 Å². The quantitative estimate of drug-likeness (QED) is 0.462. The van der Waals surface area contributed by atoms with Crippen molar-refractivity contribution in [2.75, 3.05) is 13.2 Å². The van der Waals surface area contributed by atoms with Crippen LogP contribution in [0.1, 0.15) is 26.3 Å². The molecule has 0 saturated heterocycles. The molecular weight excluding hydrogens is 387 g/mol. The second kappa shape index (κ2) is 10.1. The lowest BCUT2D eigenvalue weighted by Gasteiger charge is -2.13. The van der Waals surface area contributed by atoms with Gasteiger partial charge in [0.1, 0.15) is 30.5 Å². The minimum absolute atomic E-state index is 0.0981. The molecule has 2 N–H and O–H groups in total. The number of rotatable bonds is 7. The highest BCUT2D eigenvalue weighted by Crippen LogP contribution is 2.18. The zero-order valence-electron chi connectivity index (χ0n) is 16.4. The highest BCUT2D eigenvalue weighted by molar-refractivity contribution is 6.00. The Labute approximate surface area is 173 Å². The van der Waals surface area contributed by atoms with E-state index in [1.54, 1.807) is 31.2 Å². The van der Waals surface area contributed by atoms with Crippen molar-refractivity contribution in [3.63, 3.8) is 0 Å². The van der Waals surface area contributed by atoms with Crippen LogP contribution in [0.3, 0.4) is 0 Å². The fourth-order valence-electron chi connectivity index (χ4n) is 2.60. The van der Waals surface area contributed by atoms with E-state index in [9.17, 15) is 14.0 Å². The van der Waals surface area contributed by atoms with Gasteiger partial charge in [0, 0.05) is 5.56 Å². The van der Waals surface area contributed by atoms with Crippen molar-refractivity contribution < 1.29 is 23.5 Å². The van der Waals surface area contributed by atoms with Crippen LogP contribution < -0.4 is 20.3 Å². The molecule has 3 aromatic carbocycles. The molecule has 0 atom stereocenters. The standard InChI is InChI=1S/C23H21FN2O4/c1-16-11-12-17(15-20(16)24)22(27)25-26-23(28)19-9-5-6-10-21(19)30-14-13-29-18-7-3-2-4-8-18/h2-12,15H,13-14H2,1H3,(H,25,27)(H,26,28). The number of carbonyl (C=O) groups is 2. The average molecular weight is 408 g/mol. The molecule has 0 heterocycles. The second-order valence-electron chi connectivity index (χ2n) is 6.38. The topological polar surface area (TPSA) is 76.7 Å². The monoisotopic (exact) mass is 408 g/mol. The summed E-state index contributed by atoms with van der Waals surface area (Å²) in [6, 6.07) is 20.0. The normalized spacial score (nSPS) is 10.2. The number of halogens is 1. The van der Waals surface area contributed by atoms with Gasteiger partial charge in [-0.05, 0) is 48.9 Å². The molecule has 0 aliphatic carbocycles. The smallest absolute Gasteiger partial charge is 0.273 e. The molecule has 0 radical (unpaired) electrons. The molecule has 0 unspecified atom stereocenters. The van der Waals surface area contributed by atoms with Gasteiger partial charge >= 0.3 is 0 Å². The van der Waals surface area contributed by atoms with Crippen molar-refractivity contribution in [3.8, 4) is 11.5 Å². The van der Waals surface area contributed by atoms with E-state index in [4.69, 9.17) is 9.47 Å². The summed E-state index contributed by atoms with van der Waals surface area (Å²) in [6.45, 7) is 2.13. The highest BCUT2D eigenvalue weighted by Gasteiger charge is 2.14. The van der Waals surface area contributed by atoms with Gasteiger partial charge in [0.25, 0.3) is 11.8 Å². The Kier molecular flexibility index (Phi) is 7.00. The van der Waals surface area contributed by atoms with Crippen molar-refractivity contribution in [2.45, 2.75) is 6.92 Å². The lowest BCUT2D eigenvalue weighted by Crippen LogP contribution is -2.41. The molecular formula is C23H21FN2O4. The van der Waals surface area contributed by atoms with Crippen LogP contribution in [0.5, 0.6) is 11.5 Å². The fraction of sp³-hybridized carbons (Fsp3) is 0.130. The SMILES string of the molecule is Cc1ccc(C(=O)NNC(=O)c2ccccc2OCCOc2ccccc2)cc1F. The van der Waals surface area contributed by atoms with Gasteiger partial charge in [-0.1, -0.05) is 36.4 Å². The zero-order valence-corrected chi connectivity index (χ0v) is 16.4. The summed E-state index contributed by atoms with van der Waals surface area (Å²) >= 11 is 0. The summed E-state index contributed by atoms with van der Waals surface area (Å²) in [5.74, 6) is -0.609. The maximum atomic E-state index is 13.6. The Balaban J connectivity index is 1.54. The number of hydrogen-bond donors (Lipinski definition) is 2. The zero-order chi connectivity index (χ0) is 21.3. The van der Waals surface area contributed by atoms with Gasteiger partial charge in [-0.25, -0.2) is 4.39 Å². The molecule has 6 nitrogen and oxygen atoms in total. The van der Waals surface area contributed by atoms with Crippen LogP contribution in [0.15, 0.2) is 72.8 Å². The minimum atomic E-state index is -0.628. The van der Waals surface area contributed by atoms with Crippen molar-refractivity contribution in [1.29, 1.82) is 0 Å². The molecule has 0 spiro atoms. The largest absolute Gasteiger partial charge is 0.490 e. The Hall–Kier alpha value is -3.87. The van der Waals surface area contributed by atoms with Crippen LogP contribution in [-0.4, -0.2) is 25.0 Å². The number of nitrogens with one attached hydrogen (secondary N) is 2. The van der Waals surface area contributed by atoms with E-state index in [2.05, 4.69) is 10.9 Å². The van der Waals surface area contributed by atoms with Crippen LogP contribution >= 0.6 is 0 Å². The minimum Gasteiger partial charge on any atom is -0.490 e. The lowest BCUT2D eigenvalue weighted by molar-refractivity contribution is 0.0843. The summed E-state index contributed by atoms with van der Waals surface area (Å²) in [4.78, 5) is 24.6. The first-order chi connectivity index (χ1) is 14.5. The molecule has 0 aliphatic rings. The van der Waals surface area contributed by atoms with E-state index in [0.717, 1.165) is 11.8 Å². The van der Waals surface area contributed by atoms with Gasteiger partial charge in [0.2, 0.25) is 0 Å². The lowest BCUT2D eigenvalue weighted by atomic mass is 10.1. The third-order valence-corrected chi connectivity index (χ3v) is 4.21. The third-order valence-electron chi connectivity index (χ3n) is 4.21. The first-order valence-electron chi connectivity index (χ1n) is 9.31. The molecule has 0 aliphatic heterocycles. The van der Waals surface area contributed by atoms with Crippen molar-refractivity contribution in [2.24, 2.45) is 0 Å². The Bertz CT molecular complexity index is 1020. The summed E-state index contributed by atoms with van der Waals surface area (Å²) in [5, 5.41) is 0. The molecule has 3 rings (SSSR count). The molecule has 0 aromatic heterocycles. The molecule has 2 amide bonds. The van der Waals surface area contributed by atoms with Gasteiger partial charge in [0.15, 0.2) is 0 Å². The molecule has 3 aromatic rings. The van der Waals surface area contributed by atoms with E-state index in [0.29, 0.717) is 17.9 Å². The molecule has 0 fully saturated rings. The van der Waals surface area contributed by atoms with Crippen molar-refractivity contribution in [3.05, 3.63) is 95.3 Å². The van der Waals surface area contributed by atoms with E-state index in [1.165, 1.54) is 12.1 Å². The van der Waals surface area contributed by atoms with Gasteiger partial charge in [-0.2, -0.15) is 0 Å². The van der Waals surface area contributed by atoms with Crippen LogP contribution in [0.2, 0.25) is 0 Å². The summed E-state index contributed by atoms with van der Waals surface area (Å²) in [5.41, 5.74) is 5.36. The van der Waals surface area contributed by atoms with E-state index >= 15 is 0 Å². The van der Waals surface area contributed by atoms with Gasteiger partial charge < -0.3 is 9.47 Å². The van der Waals surface area contributed by atoms with Gasteiger partial charge in [-0.3, -0.25) is 20.4 Å². The highest BCUT2D eigenvalue weighted by atomic mass is 19.1. The van der Waals surface area contributed by atoms with Gasteiger partial charge in [-0.15, -0.1) is 0 Å². The van der Waals surface area contributed by atoms with E-state index in [-0.39, 0.29) is 17.7 Å².